The van der Waals surface area contributed by atoms with Gasteiger partial charge in [0.15, 0.2) is 11.2 Å². The number of carbonyl (C=O) groups excluding carboxylic acids is 1. The van der Waals surface area contributed by atoms with Gasteiger partial charge in [-0.15, -0.1) is 0 Å². The summed E-state index contributed by atoms with van der Waals surface area (Å²) in [5.41, 5.74) is 11.9. The van der Waals surface area contributed by atoms with Gasteiger partial charge in [-0.3, -0.25) is 14.6 Å². The van der Waals surface area contributed by atoms with Crippen LogP contribution in [0, 0.1) is 0 Å². The second kappa shape index (κ2) is 10.5. The van der Waals surface area contributed by atoms with Crippen LogP contribution in [0.5, 0.6) is 0 Å². The minimum Gasteiger partial charge on any atom is -0.369 e. The quantitative estimate of drug-likeness (QED) is 0.530. The summed E-state index contributed by atoms with van der Waals surface area (Å²) in [5.74, 6) is -0.0158. The Kier molecular flexibility index (Phi) is 8.38. The summed E-state index contributed by atoms with van der Waals surface area (Å²) in [4.78, 5) is 36.3. The van der Waals surface area contributed by atoms with E-state index in [4.69, 9.17) is 11.5 Å². The van der Waals surface area contributed by atoms with E-state index in [1.807, 2.05) is 32.0 Å². The topological polar surface area (TPSA) is 153 Å². The number of nitrogens with one attached hydrogen (secondary N) is 2. The molecule has 0 fully saturated rings. The van der Waals surface area contributed by atoms with Crippen LogP contribution in [0.4, 0.5) is 5.95 Å². The van der Waals surface area contributed by atoms with Crippen molar-refractivity contribution < 1.29 is 4.79 Å². The number of H-pyrrole nitrogens is 1. The number of anilines is 1. The molecule has 0 aliphatic carbocycles. The average Bonchev–Trinajstić information content (AvgIpc) is 2.69. The van der Waals surface area contributed by atoms with E-state index < -0.39 is 5.56 Å². The van der Waals surface area contributed by atoms with Crippen molar-refractivity contribution in [3.8, 4) is 0 Å². The maximum absolute atomic E-state index is 11.3. The first-order chi connectivity index (χ1) is 12.5. The molecule has 138 valence electrons. The van der Waals surface area contributed by atoms with Crippen molar-refractivity contribution >= 4 is 23.0 Å². The normalized spacial score (nSPS) is 9.38. The number of nitrogens with two attached hydrogens (primary N) is 2. The average molecular weight is 357 g/mol. The van der Waals surface area contributed by atoms with Gasteiger partial charge in [-0.2, -0.15) is 4.98 Å². The molecule has 1 aromatic carbocycles. The fourth-order valence-electron chi connectivity index (χ4n) is 1.80. The van der Waals surface area contributed by atoms with Crippen LogP contribution in [0.25, 0.3) is 11.2 Å². The number of amides is 1. The van der Waals surface area contributed by atoms with Crippen molar-refractivity contribution in [2.75, 3.05) is 12.8 Å². The Morgan fingerprint density at radius 3 is 2.42 bits per heavy atom. The molecule has 0 saturated carbocycles. The molecule has 0 radical (unpaired) electrons. The highest BCUT2D eigenvalue weighted by Gasteiger charge is 2.05. The SMILES string of the molecule is CC.CNC(=O)c1ccccc1.NCc1cnc2nc(N)[nH]c(=O)c2n1. The second-order valence-corrected chi connectivity index (χ2v) is 4.63. The van der Waals surface area contributed by atoms with E-state index in [2.05, 4.69) is 25.3 Å². The zero-order valence-electron chi connectivity index (χ0n) is 15.0. The van der Waals surface area contributed by atoms with E-state index in [9.17, 15) is 9.59 Å². The Bertz CT molecular complexity index is 895. The van der Waals surface area contributed by atoms with Crippen molar-refractivity contribution in [3.05, 3.63) is 58.1 Å². The van der Waals surface area contributed by atoms with E-state index in [-0.39, 0.29) is 29.6 Å². The fraction of sp³-hybridized carbons (Fsp3) is 0.235. The molecule has 0 saturated heterocycles. The lowest BCUT2D eigenvalue weighted by Crippen LogP contribution is -2.17. The van der Waals surface area contributed by atoms with Crippen molar-refractivity contribution in [1.29, 1.82) is 0 Å². The van der Waals surface area contributed by atoms with E-state index >= 15 is 0 Å². The molecule has 9 nitrogen and oxygen atoms in total. The van der Waals surface area contributed by atoms with Gasteiger partial charge in [0.2, 0.25) is 5.95 Å². The maximum atomic E-state index is 11.3. The highest BCUT2D eigenvalue weighted by atomic mass is 16.1. The van der Waals surface area contributed by atoms with Gasteiger partial charge in [-0.1, -0.05) is 32.0 Å². The molecule has 0 atom stereocenters. The molecule has 0 unspecified atom stereocenters. The summed E-state index contributed by atoms with van der Waals surface area (Å²) in [6.45, 7) is 4.23. The van der Waals surface area contributed by atoms with Crippen molar-refractivity contribution in [2.45, 2.75) is 20.4 Å². The Labute approximate surface area is 150 Å². The van der Waals surface area contributed by atoms with Crippen LogP contribution in [0.3, 0.4) is 0 Å². The Morgan fingerprint density at radius 1 is 1.19 bits per heavy atom. The van der Waals surface area contributed by atoms with Gasteiger partial charge in [-0.25, -0.2) is 9.97 Å². The molecule has 0 spiro atoms. The number of aromatic amines is 1. The van der Waals surface area contributed by atoms with Crippen molar-refractivity contribution in [1.82, 2.24) is 25.3 Å². The lowest BCUT2D eigenvalue weighted by atomic mass is 10.2. The second-order valence-electron chi connectivity index (χ2n) is 4.63. The lowest BCUT2D eigenvalue weighted by molar-refractivity contribution is 0.0963. The predicted molar refractivity (Wildman–Crippen MR) is 101 cm³/mol. The molecule has 6 N–H and O–H groups in total. The first kappa shape index (κ1) is 20.7. The molecular formula is C17H23N7O2. The zero-order valence-corrected chi connectivity index (χ0v) is 15.0. The maximum Gasteiger partial charge on any atom is 0.280 e. The van der Waals surface area contributed by atoms with Gasteiger partial charge in [0.05, 0.1) is 11.9 Å². The monoisotopic (exact) mass is 357 g/mol. The molecule has 2 heterocycles. The number of hydrogen-bond acceptors (Lipinski definition) is 7. The van der Waals surface area contributed by atoms with Crippen LogP contribution < -0.4 is 22.3 Å². The highest BCUT2D eigenvalue weighted by molar-refractivity contribution is 5.93. The molecule has 3 rings (SSSR count). The number of rotatable bonds is 2. The predicted octanol–water partition coefficient (Wildman–Crippen LogP) is 0.826. The van der Waals surface area contributed by atoms with E-state index in [1.165, 1.54) is 6.20 Å². The van der Waals surface area contributed by atoms with Crippen LogP contribution in [0.2, 0.25) is 0 Å². The summed E-state index contributed by atoms with van der Waals surface area (Å²) in [7, 11) is 1.62. The fourth-order valence-corrected chi connectivity index (χ4v) is 1.80. The summed E-state index contributed by atoms with van der Waals surface area (Å²) < 4.78 is 0. The van der Waals surface area contributed by atoms with Crippen molar-refractivity contribution in [2.24, 2.45) is 5.73 Å². The lowest BCUT2D eigenvalue weighted by Gasteiger charge is -1.98. The van der Waals surface area contributed by atoms with Crippen LogP contribution >= 0.6 is 0 Å². The number of hydrogen-bond donors (Lipinski definition) is 4. The van der Waals surface area contributed by atoms with E-state index in [1.54, 1.807) is 19.2 Å². The van der Waals surface area contributed by atoms with Gasteiger partial charge in [-0.05, 0) is 12.1 Å². The van der Waals surface area contributed by atoms with Gasteiger partial charge in [0, 0.05) is 19.2 Å². The molecule has 3 aromatic rings. The third-order valence-corrected chi connectivity index (χ3v) is 2.96. The van der Waals surface area contributed by atoms with Gasteiger partial charge < -0.3 is 16.8 Å². The zero-order chi connectivity index (χ0) is 19.5. The Morgan fingerprint density at radius 2 is 1.85 bits per heavy atom. The molecule has 1 amide bonds. The smallest absolute Gasteiger partial charge is 0.280 e. The standard InChI is InChI=1S/C8H9NO.C7H8N6O.C2H6/c1-9-8(10)7-5-3-2-4-6-7;8-1-3-2-10-5-4(11-3)6(14)13-7(9)12-5;1-2/h2-6H,1H3,(H,9,10);2H,1,8H2,(H3,9,10,12,13,14);1-2H3. The Balaban J connectivity index is 0.000000249. The number of benzene rings is 1. The molecule has 2 aromatic heterocycles. The van der Waals surface area contributed by atoms with E-state index in [0.717, 1.165) is 0 Å². The van der Waals surface area contributed by atoms with Crippen LogP contribution in [-0.2, 0) is 6.54 Å². The minimum absolute atomic E-state index is 0.0253. The molecule has 0 aliphatic heterocycles. The van der Waals surface area contributed by atoms with Crippen LogP contribution in [-0.4, -0.2) is 32.9 Å². The molecule has 9 heteroatoms. The summed E-state index contributed by atoms with van der Waals surface area (Å²) in [6, 6.07) is 9.11. The van der Waals surface area contributed by atoms with Gasteiger partial charge in [0.25, 0.3) is 11.5 Å². The number of fused-ring (bicyclic) bond motifs is 1. The Hall–Kier alpha value is -3.33. The third-order valence-electron chi connectivity index (χ3n) is 2.96. The van der Waals surface area contributed by atoms with Crippen LogP contribution in [0.15, 0.2) is 41.3 Å². The summed E-state index contributed by atoms with van der Waals surface area (Å²) >= 11 is 0. The molecule has 0 aliphatic rings. The van der Waals surface area contributed by atoms with Crippen molar-refractivity contribution in [3.63, 3.8) is 0 Å². The number of nitrogen functional groups attached to an aromatic ring is 1. The molecule has 0 bridgehead atoms. The van der Waals surface area contributed by atoms with Crippen LogP contribution in [0.1, 0.15) is 29.9 Å². The third kappa shape index (κ3) is 5.64. The number of aromatic nitrogens is 4. The minimum atomic E-state index is -0.407. The number of carbonyl (C=O) groups is 1. The summed E-state index contributed by atoms with van der Waals surface area (Å²) in [5, 5.41) is 2.54. The molecular weight excluding hydrogens is 334 g/mol. The van der Waals surface area contributed by atoms with E-state index in [0.29, 0.717) is 11.3 Å². The number of nitrogens with zero attached hydrogens (tertiary/aromatic N) is 3. The summed E-state index contributed by atoms with van der Waals surface area (Å²) in [6.07, 6.45) is 1.47. The largest absolute Gasteiger partial charge is 0.369 e. The van der Waals surface area contributed by atoms with Gasteiger partial charge >= 0.3 is 0 Å². The molecule has 26 heavy (non-hydrogen) atoms. The first-order valence-electron chi connectivity index (χ1n) is 8.03. The first-order valence-corrected chi connectivity index (χ1v) is 8.03. The van der Waals surface area contributed by atoms with Gasteiger partial charge in [0.1, 0.15) is 0 Å². The highest BCUT2D eigenvalue weighted by Crippen LogP contribution is 2.02.